The molecule has 1 atom stereocenters. The second-order valence-electron chi connectivity index (χ2n) is 8.28. The molecule has 1 unspecified atom stereocenters. The average Bonchev–Trinajstić information content (AvgIpc) is 2.92. The van der Waals surface area contributed by atoms with Gasteiger partial charge in [-0.1, -0.05) is 19.8 Å². The molecule has 27 heavy (non-hydrogen) atoms. The van der Waals surface area contributed by atoms with Crippen LogP contribution >= 0.6 is 11.8 Å². The van der Waals surface area contributed by atoms with E-state index in [1.54, 1.807) is 25.6 Å². The molecule has 1 aliphatic carbocycles. The summed E-state index contributed by atoms with van der Waals surface area (Å²) in [5.74, 6) is -0.689. The number of allylic oxidation sites excluding steroid dienone is 1. The van der Waals surface area contributed by atoms with E-state index in [9.17, 15) is 14.7 Å². The molecule has 7 heteroatoms. The Kier molecular flexibility index (Phi) is 7.48. The van der Waals surface area contributed by atoms with Crippen LogP contribution in [-0.4, -0.2) is 44.6 Å². The topological polar surface area (TPSA) is 95.7 Å². The van der Waals surface area contributed by atoms with Crippen molar-refractivity contribution in [2.75, 3.05) is 6.54 Å². The highest BCUT2D eigenvalue weighted by molar-refractivity contribution is 8.01. The summed E-state index contributed by atoms with van der Waals surface area (Å²) >= 11 is 1.58. The van der Waals surface area contributed by atoms with Crippen LogP contribution in [0.1, 0.15) is 72.6 Å². The summed E-state index contributed by atoms with van der Waals surface area (Å²) in [4.78, 5) is 25.5. The predicted molar refractivity (Wildman–Crippen MR) is 110 cm³/mol. The minimum atomic E-state index is -0.750. The molecule has 6 nitrogen and oxygen atoms in total. The third-order valence-electron chi connectivity index (χ3n) is 5.81. The Morgan fingerprint density at radius 1 is 1.26 bits per heavy atom. The average molecular weight is 398 g/mol. The van der Waals surface area contributed by atoms with Gasteiger partial charge in [-0.25, -0.2) is 0 Å². The first-order valence-corrected chi connectivity index (χ1v) is 11.0. The van der Waals surface area contributed by atoms with Crippen LogP contribution in [0.4, 0.5) is 0 Å². The van der Waals surface area contributed by atoms with E-state index in [1.807, 2.05) is 6.92 Å². The summed E-state index contributed by atoms with van der Waals surface area (Å²) in [5, 5.41) is 13.1. The van der Waals surface area contributed by atoms with Crippen molar-refractivity contribution in [1.29, 1.82) is 0 Å². The third kappa shape index (κ3) is 5.33. The molecule has 154 valence electrons. The van der Waals surface area contributed by atoms with E-state index in [-0.39, 0.29) is 12.1 Å². The van der Waals surface area contributed by atoms with Crippen molar-refractivity contribution in [3.63, 3.8) is 0 Å². The Bertz CT molecular complexity index is 583. The molecule has 1 amide bonds. The van der Waals surface area contributed by atoms with E-state index in [0.29, 0.717) is 16.9 Å². The maximum absolute atomic E-state index is 11.8. The molecule has 0 aromatic heterocycles. The first-order chi connectivity index (χ1) is 12.7. The molecule has 2 rings (SSSR count). The maximum Gasteiger partial charge on any atom is 0.319 e. The monoisotopic (exact) mass is 397 g/mol. The number of thioether (sulfide) groups is 1. The van der Waals surface area contributed by atoms with Gasteiger partial charge in [-0.2, -0.15) is 0 Å². The highest BCUT2D eigenvalue weighted by atomic mass is 32.2. The number of amides is 1. The van der Waals surface area contributed by atoms with Gasteiger partial charge in [0.1, 0.15) is 16.6 Å². The number of carbonyl (C=O) groups excluding carboxylic acids is 1. The smallest absolute Gasteiger partial charge is 0.319 e. The summed E-state index contributed by atoms with van der Waals surface area (Å²) < 4.78 is -0.743. The van der Waals surface area contributed by atoms with Crippen molar-refractivity contribution in [2.24, 2.45) is 11.7 Å². The van der Waals surface area contributed by atoms with Gasteiger partial charge in [-0.15, -0.1) is 11.8 Å². The zero-order valence-corrected chi connectivity index (χ0v) is 17.9. The molecule has 1 heterocycles. The number of hydrogen-bond acceptors (Lipinski definition) is 5. The molecule has 1 fully saturated rings. The van der Waals surface area contributed by atoms with E-state index in [0.717, 1.165) is 44.3 Å². The van der Waals surface area contributed by atoms with Gasteiger partial charge in [0.15, 0.2) is 0 Å². The molecule has 0 bridgehead atoms. The van der Waals surface area contributed by atoms with E-state index in [2.05, 4.69) is 17.1 Å². The highest BCUT2D eigenvalue weighted by Gasteiger charge is 2.39. The number of unbranched alkanes of at least 4 members (excludes halogenated alkanes) is 2. The molecule has 0 saturated heterocycles. The minimum absolute atomic E-state index is 0.128. The van der Waals surface area contributed by atoms with Crippen LogP contribution in [0.2, 0.25) is 0 Å². The standard InChI is InChI=1S/C20H35N3O3S/c1-5-6-7-12-23-13(2)16(17(21)24)22-18(23)14-8-10-15(11-9-14)27-20(3,4)19(25)26/h14-15,18,22H,5-12H2,1-4H3,(H2,21,24)(H,25,26). The third-order valence-corrected chi connectivity index (χ3v) is 7.38. The van der Waals surface area contributed by atoms with Gasteiger partial charge in [0, 0.05) is 17.5 Å². The number of carbonyl (C=O) groups is 2. The predicted octanol–water partition coefficient (Wildman–Crippen LogP) is 3.28. The number of nitrogens with one attached hydrogen (secondary N) is 1. The van der Waals surface area contributed by atoms with Crippen molar-refractivity contribution >= 4 is 23.6 Å². The Balaban J connectivity index is 1.99. The number of nitrogens with zero attached hydrogens (tertiary/aromatic N) is 1. The van der Waals surface area contributed by atoms with Crippen molar-refractivity contribution < 1.29 is 14.7 Å². The fourth-order valence-electron chi connectivity index (χ4n) is 4.13. The summed E-state index contributed by atoms with van der Waals surface area (Å²) in [5.41, 5.74) is 7.09. The van der Waals surface area contributed by atoms with E-state index < -0.39 is 10.7 Å². The van der Waals surface area contributed by atoms with E-state index in [1.165, 1.54) is 12.8 Å². The highest BCUT2D eigenvalue weighted by Crippen LogP contribution is 2.41. The van der Waals surface area contributed by atoms with Crippen LogP contribution in [0.15, 0.2) is 11.4 Å². The lowest BCUT2D eigenvalue weighted by Crippen LogP contribution is -2.46. The van der Waals surface area contributed by atoms with Gasteiger partial charge >= 0.3 is 5.97 Å². The molecule has 0 aromatic rings. The number of carboxylic acid groups (broad SMARTS) is 1. The Labute approximate surface area is 167 Å². The quantitative estimate of drug-likeness (QED) is 0.517. The first-order valence-electron chi connectivity index (χ1n) is 10.1. The SMILES string of the molecule is CCCCCN1C(C)=C(C(N)=O)NC1C1CCC(SC(C)(C)C(=O)O)CC1. The summed E-state index contributed by atoms with van der Waals surface area (Å²) in [6.07, 6.45) is 7.67. The molecular weight excluding hydrogens is 362 g/mol. The number of aliphatic carboxylic acids is 1. The summed E-state index contributed by atoms with van der Waals surface area (Å²) in [6, 6.07) is 0. The minimum Gasteiger partial charge on any atom is -0.480 e. The van der Waals surface area contributed by atoms with Crippen molar-refractivity contribution in [1.82, 2.24) is 10.2 Å². The van der Waals surface area contributed by atoms with E-state index >= 15 is 0 Å². The van der Waals surface area contributed by atoms with Gasteiger partial charge in [-0.3, -0.25) is 9.59 Å². The molecule has 2 aliphatic rings. The molecule has 0 radical (unpaired) electrons. The second kappa shape index (κ2) is 9.22. The fourth-order valence-corrected chi connectivity index (χ4v) is 5.57. The molecule has 0 spiro atoms. The van der Waals surface area contributed by atoms with Gasteiger partial charge < -0.3 is 21.1 Å². The number of rotatable bonds is 9. The first kappa shape index (κ1) is 21.9. The van der Waals surface area contributed by atoms with Crippen molar-refractivity contribution in [3.05, 3.63) is 11.4 Å². The van der Waals surface area contributed by atoms with Gasteiger partial charge in [0.25, 0.3) is 5.91 Å². The van der Waals surface area contributed by atoms with Crippen LogP contribution in [-0.2, 0) is 9.59 Å². The number of nitrogens with two attached hydrogens (primary N) is 1. The van der Waals surface area contributed by atoms with Gasteiger partial charge in [0.05, 0.1) is 0 Å². The van der Waals surface area contributed by atoms with Gasteiger partial charge in [0.2, 0.25) is 0 Å². The molecule has 1 aliphatic heterocycles. The number of carboxylic acids is 1. The molecule has 4 N–H and O–H groups in total. The lowest BCUT2D eigenvalue weighted by Gasteiger charge is -2.39. The Morgan fingerprint density at radius 2 is 1.89 bits per heavy atom. The van der Waals surface area contributed by atoms with E-state index in [4.69, 9.17) is 5.73 Å². The largest absolute Gasteiger partial charge is 0.480 e. The normalized spacial score (nSPS) is 26.2. The van der Waals surface area contributed by atoms with Crippen molar-refractivity contribution in [2.45, 2.75) is 88.8 Å². The summed E-state index contributed by atoms with van der Waals surface area (Å²) in [7, 11) is 0. The van der Waals surface area contributed by atoms with Crippen LogP contribution in [0.5, 0.6) is 0 Å². The van der Waals surface area contributed by atoms with Crippen LogP contribution in [0.3, 0.4) is 0 Å². The second-order valence-corrected chi connectivity index (χ2v) is 10.2. The van der Waals surface area contributed by atoms with Crippen LogP contribution in [0.25, 0.3) is 0 Å². The molecule has 0 aromatic carbocycles. The fraction of sp³-hybridized carbons (Fsp3) is 0.800. The molecule has 1 saturated carbocycles. The zero-order chi connectivity index (χ0) is 20.2. The van der Waals surface area contributed by atoms with Gasteiger partial charge in [-0.05, 0) is 58.8 Å². The lowest BCUT2D eigenvalue weighted by molar-refractivity contribution is -0.138. The summed E-state index contributed by atoms with van der Waals surface area (Å²) in [6.45, 7) is 8.68. The van der Waals surface area contributed by atoms with Crippen LogP contribution in [0, 0.1) is 5.92 Å². The maximum atomic E-state index is 11.8. The molecular formula is C20H35N3O3S. The number of primary amides is 1. The van der Waals surface area contributed by atoms with Crippen molar-refractivity contribution in [3.8, 4) is 0 Å². The number of hydrogen-bond donors (Lipinski definition) is 3. The Morgan fingerprint density at radius 3 is 2.41 bits per heavy atom. The van der Waals surface area contributed by atoms with Crippen LogP contribution < -0.4 is 11.1 Å². The Hall–Kier alpha value is -1.37. The zero-order valence-electron chi connectivity index (χ0n) is 17.1. The lowest BCUT2D eigenvalue weighted by atomic mass is 9.86.